The van der Waals surface area contributed by atoms with Crippen molar-refractivity contribution in [3.05, 3.63) is 22.6 Å². The van der Waals surface area contributed by atoms with Crippen LogP contribution in [0.15, 0.2) is 12.3 Å². The van der Waals surface area contributed by atoms with Gasteiger partial charge in [0.05, 0.1) is 5.52 Å². The third-order valence-electron chi connectivity index (χ3n) is 3.66. The average Bonchev–Trinajstić information content (AvgIpc) is 2.95. The number of aromatic amines is 1. The minimum atomic E-state index is 0.668. The van der Waals surface area contributed by atoms with E-state index in [4.69, 9.17) is 17.0 Å². The highest BCUT2D eigenvalue weighted by atomic mass is 32.1. The Morgan fingerprint density at radius 1 is 1.61 bits per heavy atom. The van der Waals surface area contributed by atoms with E-state index in [0.29, 0.717) is 5.92 Å². The van der Waals surface area contributed by atoms with Crippen molar-refractivity contribution in [3.63, 3.8) is 0 Å². The molecule has 0 aromatic carbocycles. The lowest BCUT2D eigenvalue weighted by Gasteiger charge is -2.08. The summed E-state index contributed by atoms with van der Waals surface area (Å²) in [6, 6.07) is 2.00. The van der Waals surface area contributed by atoms with Crippen LogP contribution in [0.4, 0.5) is 0 Å². The summed E-state index contributed by atoms with van der Waals surface area (Å²) in [7, 11) is 0. The van der Waals surface area contributed by atoms with Gasteiger partial charge in [0.1, 0.15) is 0 Å². The third kappa shape index (κ3) is 2.08. The second-order valence-corrected chi connectivity index (χ2v) is 5.31. The third-order valence-corrected chi connectivity index (χ3v) is 3.98. The molecule has 0 aliphatic carbocycles. The zero-order valence-electron chi connectivity index (χ0n) is 10.5. The minimum Gasteiger partial charge on any atom is -0.381 e. The summed E-state index contributed by atoms with van der Waals surface area (Å²) >= 11 is 5.39. The molecule has 1 aliphatic rings. The SMILES string of the molecule is Cc1ccnc2c1[nH]c(=S)n2CCC1CCOC1. The summed E-state index contributed by atoms with van der Waals surface area (Å²) in [5.74, 6) is 0.668. The van der Waals surface area contributed by atoms with E-state index >= 15 is 0 Å². The number of hydrogen-bond acceptors (Lipinski definition) is 3. The molecule has 2 aromatic rings. The smallest absolute Gasteiger partial charge is 0.179 e. The lowest BCUT2D eigenvalue weighted by molar-refractivity contribution is 0.183. The summed E-state index contributed by atoms with van der Waals surface area (Å²) in [6.07, 6.45) is 4.12. The molecule has 2 aromatic heterocycles. The van der Waals surface area contributed by atoms with Gasteiger partial charge in [-0.25, -0.2) is 4.98 Å². The summed E-state index contributed by atoms with van der Waals surface area (Å²) < 4.78 is 8.28. The van der Waals surface area contributed by atoms with Crippen molar-refractivity contribution in [1.82, 2.24) is 14.5 Å². The predicted octanol–water partition coefficient (Wildman–Crippen LogP) is 2.83. The summed E-state index contributed by atoms with van der Waals surface area (Å²) in [5, 5.41) is 0. The van der Waals surface area contributed by atoms with Crippen molar-refractivity contribution in [3.8, 4) is 0 Å². The van der Waals surface area contributed by atoms with E-state index in [1.165, 1.54) is 12.0 Å². The Morgan fingerprint density at radius 2 is 2.50 bits per heavy atom. The maximum atomic E-state index is 5.41. The zero-order chi connectivity index (χ0) is 12.5. The Kier molecular flexibility index (Phi) is 3.18. The maximum Gasteiger partial charge on any atom is 0.179 e. The molecule has 4 nitrogen and oxygen atoms in total. The van der Waals surface area contributed by atoms with Crippen LogP contribution in [0, 0.1) is 17.6 Å². The van der Waals surface area contributed by atoms with E-state index in [1.807, 2.05) is 12.3 Å². The van der Waals surface area contributed by atoms with Crippen molar-refractivity contribution >= 4 is 23.4 Å². The van der Waals surface area contributed by atoms with Gasteiger partial charge >= 0.3 is 0 Å². The van der Waals surface area contributed by atoms with E-state index in [0.717, 1.165) is 42.1 Å². The molecule has 1 saturated heterocycles. The Hall–Kier alpha value is -1.20. The van der Waals surface area contributed by atoms with Crippen LogP contribution in [-0.2, 0) is 11.3 Å². The van der Waals surface area contributed by atoms with Crippen molar-refractivity contribution in [1.29, 1.82) is 0 Å². The highest BCUT2D eigenvalue weighted by molar-refractivity contribution is 7.71. The summed E-state index contributed by atoms with van der Waals surface area (Å²) in [4.78, 5) is 7.70. The van der Waals surface area contributed by atoms with Crippen molar-refractivity contribution in [2.24, 2.45) is 5.92 Å². The molecule has 1 N–H and O–H groups in total. The van der Waals surface area contributed by atoms with Gasteiger partial charge in [-0.1, -0.05) is 0 Å². The van der Waals surface area contributed by atoms with E-state index in [9.17, 15) is 0 Å². The zero-order valence-corrected chi connectivity index (χ0v) is 11.3. The molecule has 1 aliphatic heterocycles. The van der Waals surface area contributed by atoms with Crippen LogP contribution in [0.3, 0.4) is 0 Å². The number of hydrogen-bond donors (Lipinski definition) is 1. The standard InChI is InChI=1S/C13H17N3OS/c1-9-2-5-14-12-11(9)15-13(18)16(12)6-3-10-4-7-17-8-10/h2,5,10H,3-4,6-8H2,1H3,(H,15,18). The van der Waals surface area contributed by atoms with Crippen LogP contribution in [0.2, 0.25) is 0 Å². The highest BCUT2D eigenvalue weighted by Crippen LogP contribution is 2.20. The number of fused-ring (bicyclic) bond motifs is 1. The fourth-order valence-corrected chi connectivity index (χ4v) is 2.78. The van der Waals surface area contributed by atoms with Gasteiger partial charge in [-0.15, -0.1) is 0 Å². The van der Waals surface area contributed by atoms with Gasteiger partial charge in [0, 0.05) is 26.0 Å². The van der Waals surface area contributed by atoms with Crippen molar-refractivity contribution in [2.75, 3.05) is 13.2 Å². The average molecular weight is 263 g/mol. The first-order chi connectivity index (χ1) is 8.75. The Balaban J connectivity index is 1.89. The first-order valence-corrected chi connectivity index (χ1v) is 6.78. The Labute approximate surface area is 111 Å². The number of aromatic nitrogens is 3. The van der Waals surface area contributed by atoms with Crippen LogP contribution < -0.4 is 0 Å². The molecule has 1 atom stereocenters. The van der Waals surface area contributed by atoms with E-state index in [2.05, 4.69) is 21.5 Å². The molecule has 0 amide bonds. The normalized spacial score (nSPS) is 19.7. The number of pyridine rings is 1. The quantitative estimate of drug-likeness (QED) is 0.866. The van der Waals surface area contributed by atoms with E-state index in [-0.39, 0.29) is 0 Å². The molecule has 3 rings (SSSR count). The fourth-order valence-electron chi connectivity index (χ4n) is 2.50. The Morgan fingerprint density at radius 3 is 3.28 bits per heavy atom. The second-order valence-electron chi connectivity index (χ2n) is 4.93. The molecule has 1 unspecified atom stereocenters. The first kappa shape index (κ1) is 11.9. The van der Waals surface area contributed by atoms with Gasteiger partial charge in [0.25, 0.3) is 0 Å². The molecular weight excluding hydrogens is 246 g/mol. The number of aryl methyl sites for hydroxylation is 2. The number of imidazole rings is 1. The molecule has 0 saturated carbocycles. The topological polar surface area (TPSA) is 42.8 Å². The molecule has 18 heavy (non-hydrogen) atoms. The lowest BCUT2D eigenvalue weighted by Crippen LogP contribution is -2.06. The number of ether oxygens (including phenoxy) is 1. The van der Waals surface area contributed by atoms with Gasteiger partial charge < -0.3 is 14.3 Å². The van der Waals surface area contributed by atoms with Gasteiger partial charge in [-0.2, -0.15) is 0 Å². The van der Waals surface area contributed by atoms with Crippen LogP contribution >= 0.6 is 12.2 Å². The molecular formula is C13H17N3OS. The first-order valence-electron chi connectivity index (χ1n) is 6.37. The highest BCUT2D eigenvalue weighted by Gasteiger charge is 2.16. The van der Waals surface area contributed by atoms with Crippen LogP contribution in [0.1, 0.15) is 18.4 Å². The van der Waals surface area contributed by atoms with Gasteiger partial charge in [0.15, 0.2) is 10.4 Å². The van der Waals surface area contributed by atoms with Gasteiger partial charge in [-0.3, -0.25) is 0 Å². The van der Waals surface area contributed by atoms with Crippen LogP contribution in [0.25, 0.3) is 11.2 Å². The molecule has 0 bridgehead atoms. The number of H-pyrrole nitrogens is 1. The van der Waals surface area contributed by atoms with Gasteiger partial charge in [0.2, 0.25) is 0 Å². The number of nitrogens with zero attached hydrogens (tertiary/aromatic N) is 2. The number of rotatable bonds is 3. The van der Waals surface area contributed by atoms with Crippen LogP contribution in [0.5, 0.6) is 0 Å². The molecule has 5 heteroatoms. The van der Waals surface area contributed by atoms with Gasteiger partial charge in [-0.05, 0) is 49.5 Å². The largest absolute Gasteiger partial charge is 0.381 e. The lowest BCUT2D eigenvalue weighted by atomic mass is 10.1. The molecule has 96 valence electrons. The maximum absolute atomic E-state index is 5.41. The predicted molar refractivity (Wildman–Crippen MR) is 73.2 cm³/mol. The Bertz CT molecular complexity index is 610. The van der Waals surface area contributed by atoms with E-state index in [1.54, 1.807) is 0 Å². The summed E-state index contributed by atoms with van der Waals surface area (Å²) in [5.41, 5.74) is 3.22. The monoisotopic (exact) mass is 263 g/mol. The molecule has 3 heterocycles. The molecule has 0 spiro atoms. The number of nitrogens with one attached hydrogen (secondary N) is 1. The van der Waals surface area contributed by atoms with Crippen molar-refractivity contribution in [2.45, 2.75) is 26.3 Å². The summed E-state index contributed by atoms with van der Waals surface area (Å²) in [6.45, 7) is 4.79. The van der Waals surface area contributed by atoms with Crippen molar-refractivity contribution < 1.29 is 4.74 Å². The van der Waals surface area contributed by atoms with E-state index < -0.39 is 0 Å². The fraction of sp³-hybridized carbons (Fsp3) is 0.538. The van der Waals surface area contributed by atoms with Crippen LogP contribution in [-0.4, -0.2) is 27.7 Å². The molecule has 0 radical (unpaired) electrons. The second kappa shape index (κ2) is 4.82. The minimum absolute atomic E-state index is 0.668. The molecule has 1 fully saturated rings.